The molecular weight excluding hydrogens is 328 g/mol. The largest absolute Gasteiger partial charge is 0.366 e. The predicted molar refractivity (Wildman–Crippen MR) is 91.2 cm³/mol. The number of nitrogens with zero attached hydrogens (tertiary/aromatic N) is 7. The number of rotatable bonds is 2. The molecule has 0 atom stereocenters. The fourth-order valence-electron chi connectivity index (χ4n) is 3.10. The summed E-state index contributed by atoms with van der Waals surface area (Å²) in [4.78, 5) is 20.4. The molecule has 1 aliphatic rings. The fourth-order valence-corrected chi connectivity index (χ4v) is 3.35. The van der Waals surface area contributed by atoms with Gasteiger partial charge in [-0.15, -0.1) is 0 Å². The molecule has 9 heteroatoms. The van der Waals surface area contributed by atoms with E-state index in [1.54, 1.807) is 17.1 Å². The van der Waals surface area contributed by atoms with E-state index >= 15 is 0 Å². The van der Waals surface area contributed by atoms with Crippen LogP contribution < -0.4 is 9.80 Å². The van der Waals surface area contributed by atoms with Crippen LogP contribution in [-0.2, 0) is 7.05 Å². The molecule has 122 valence electrons. The molecule has 1 N–H and O–H groups in total. The average molecular weight is 343 g/mol. The Kier molecular flexibility index (Phi) is 3.50. The number of aromatic nitrogens is 5. The van der Waals surface area contributed by atoms with Crippen molar-refractivity contribution in [3.63, 3.8) is 0 Å². The Bertz CT molecular complexity index is 929. The maximum Gasteiger partial charge on any atom is 0.207 e. The zero-order chi connectivity index (χ0) is 16.7. The van der Waals surface area contributed by atoms with Gasteiger partial charge in [-0.3, -0.25) is 0 Å². The number of hydrogen-bond donors (Lipinski definition) is 1. The summed E-state index contributed by atoms with van der Waals surface area (Å²) < 4.78 is 1.75. The smallest absolute Gasteiger partial charge is 0.207 e. The molecule has 0 saturated carbocycles. The van der Waals surface area contributed by atoms with Gasteiger partial charge >= 0.3 is 0 Å². The summed E-state index contributed by atoms with van der Waals surface area (Å²) in [5.41, 5.74) is 3.18. The number of anilines is 2. The molecule has 0 amide bonds. The molecule has 1 saturated heterocycles. The highest BCUT2D eigenvalue weighted by Crippen LogP contribution is 2.26. The minimum Gasteiger partial charge on any atom is -0.366 e. The number of H-pyrrole nitrogens is 1. The molecule has 0 aliphatic carbocycles. The van der Waals surface area contributed by atoms with Crippen LogP contribution in [0, 0.1) is 11.3 Å². The SMILES string of the molecule is Cn1c(N2CCN(c3ccnc4nc[nH]c34)CC2)nc(Cl)c1C#N. The molecule has 24 heavy (non-hydrogen) atoms. The van der Waals surface area contributed by atoms with Crippen LogP contribution in [0.1, 0.15) is 5.69 Å². The minimum atomic E-state index is 0.255. The van der Waals surface area contributed by atoms with Crippen molar-refractivity contribution in [2.75, 3.05) is 36.0 Å². The normalized spacial score (nSPS) is 15.0. The van der Waals surface area contributed by atoms with Gasteiger partial charge in [0.1, 0.15) is 11.6 Å². The Labute approximate surface area is 143 Å². The van der Waals surface area contributed by atoms with Crippen LogP contribution in [0.5, 0.6) is 0 Å². The standard InChI is InChI=1S/C15H15ClN8/c1-22-11(8-17)13(16)21-15(22)24-6-4-23(5-7-24)10-2-3-18-14-12(10)19-9-20-14/h2-3,9H,4-7H2,1H3,(H,18,19,20). The summed E-state index contributed by atoms with van der Waals surface area (Å²) in [5.74, 6) is 0.734. The molecule has 0 radical (unpaired) electrons. The third-order valence-corrected chi connectivity index (χ3v) is 4.61. The summed E-state index contributed by atoms with van der Waals surface area (Å²) in [6.07, 6.45) is 3.44. The van der Waals surface area contributed by atoms with E-state index in [-0.39, 0.29) is 5.15 Å². The van der Waals surface area contributed by atoms with Crippen molar-refractivity contribution >= 4 is 34.4 Å². The molecule has 0 aromatic carbocycles. The van der Waals surface area contributed by atoms with E-state index in [1.165, 1.54) is 0 Å². The van der Waals surface area contributed by atoms with Crippen molar-refractivity contribution < 1.29 is 0 Å². The topological polar surface area (TPSA) is 89.7 Å². The van der Waals surface area contributed by atoms with Gasteiger partial charge in [-0.25, -0.2) is 9.97 Å². The van der Waals surface area contributed by atoms with Gasteiger partial charge in [0.15, 0.2) is 16.5 Å². The van der Waals surface area contributed by atoms with Crippen molar-refractivity contribution in [3.05, 3.63) is 29.4 Å². The van der Waals surface area contributed by atoms with Gasteiger partial charge in [0, 0.05) is 39.4 Å². The van der Waals surface area contributed by atoms with Gasteiger partial charge in [0.25, 0.3) is 0 Å². The number of piperazine rings is 1. The Morgan fingerprint density at radius 3 is 2.67 bits per heavy atom. The first-order valence-corrected chi connectivity index (χ1v) is 7.97. The molecule has 0 unspecified atom stereocenters. The van der Waals surface area contributed by atoms with Crippen LogP contribution in [0.15, 0.2) is 18.6 Å². The quantitative estimate of drug-likeness (QED) is 0.760. The van der Waals surface area contributed by atoms with Gasteiger partial charge in [-0.1, -0.05) is 11.6 Å². The van der Waals surface area contributed by atoms with E-state index in [9.17, 15) is 0 Å². The lowest BCUT2D eigenvalue weighted by atomic mass is 10.2. The minimum absolute atomic E-state index is 0.255. The molecule has 3 aromatic rings. The van der Waals surface area contributed by atoms with E-state index in [0.29, 0.717) is 5.69 Å². The Balaban J connectivity index is 1.55. The summed E-state index contributed by atoms with van der Waals surface area (Å²) >= 11 is 6.04. The van der Waals surface area contributed by atoms with E-state index in [4.69, 9.17) is 16.9 Å². The lowest BCUT2D eigenvalue weighted by Crippen LogP contribution is -2.47. The highest BCUT2D eigenvalue weighted by molar-refractivity contribution is 6.30. The maximum atomic E-state index is 9.14. The molecule has 1 aliphatic heterocycles. The van der Waals surface area contributed by atoms with Gasteiger partial charge in [0.05, 0.1) is 12.0 Å². The summed E-state index contributed by atoms with van der Waals surface area (Å²) in [5, 5.41) is 9.40. The van der Waals surface area contributed by atoms with Gasteiger partial charge in [-0.05, 0) is 6.07 Å². The number of nitrogens with one attached hydrogen (secondary N) is 1. The molecule has 4 rings (SSSR count). The molecule has 4 heterocycles. The number of halogens is 1. The van der Waals surface area contributed by atoms with Crippen molar-refractivity contribution in [2.45, 2.75) is 0 Å². The lowest BCUT2D eigenvalue weighted by Gasteiger charge is -2.36. The molecule has 1 fully saturated rings. The summed E-state index contributed by atoms with van der Waals surface area (Å²) in [6.45, 7) is 3.27. The molecule has 0 spiro atoms. The van der Waals surface area contributed by atoms with E-state index < -0.39 is 0 Å². The maximum absolute atomic E-state index is 9.14. The van der Waals surface area contributed by atoms with Crippen LogP contribution in [-0.4, -0.2) is 50.7 Å². The van der Waals surface area contributed by atoms with Crippen molar-refractivity contribution in [1.82, 2.24) is 24.5 Å². The second kappa shape index (κ2) is 5.69. The van der Waals surface area contributed by atoms with Crippen LogP contribution in [0.2, 0.25) is 5.15 Å². The van der Waals surface area contributed by atoms with Crippen molar-refractivity contribution in [3.8, 4) is 6.07 Å². The molecule has 0 bridgehead atoms. The predicted octanol–water partition coefficient (Wildman–Crippen LogP) is 1.54. The van der Waals surface area contributed by atoms with Crippen LogP contribution in [0.25, 0.3) is 11.2 Å². The molecule has 3 aromatic heterocycles. The first-order valence-electron chi connectivity index (χ1n) is 7.59. The zero-order valence-corrected chi connectivity index (χ0v) is 13.8. The van der Waals surface area contributed by atoms with Crippen molar-refractivity contribution in [2.24, 2.45) is 7.05 Å². The average Bonchev–Trinajstić information content (AvgIpc) is 3.19. The first kappa shape index (κ1) is 14.8. The fraction of sp³-hybridized carbons (Fsp3) is 0.333. The monoisotopic (exact) mass is 342 g/mol. The lowest BCUT2D eigenvalue weighted by molar-refractivity contribution is 0.630. The second-order valence-electron chi connectivity index (χ2n) is 5.63. The number of fused-ring (bicyclic) bond motifs is 1. The van der Waals surface area contributed by atoms with Crippen LogP contribution in [0.3, 0.4) is 0 Å². The zero-order valence-electron chi connectivity index (χ0n) is 13.1. The van der Waals surface area contributed by atoms with Crippen LogP contribution in [0.4, 0.5) is 11.6 Å². The van der Waals surface area contributed by atoms with Crippen molar-refractivity contribution in [1.29, 1.82) is 5.26 Å². The molecular formula is C15H15ClN8. The third kappa shape index (κ3) is 2.25. The van der Waals surface area contributed by atoms with Gasteiger partial charge < -0.3 is 19.4 Å². The van der Waals surface area contributed by atoms with E-state index in [1.807, 2.05) is 13.1 Å². The second-order valence-corrected chi connectivity index (χ2v) is 5.99. The first-order chi connectivity index (χ1) is 11.7. The Morgan fingerprint density at radius 1 is 1.21 bits per heavy atom. The highest BCUT2D eigenvalue weighted by Gasteiger charge is 2.24. The number of nitriles is 1. The Hall–Kier alpha value is -2.79. The highest BCUT2D eigenvalue weighted by atomic mass is 35.5. The number of pyridine rings is 1. The number of aromatic amines is 1. The van der Waals surface area contributed by atoms with Gasteiger partial charge in [0.2, 0.25) is 5.95 Å². The summed E-state index contributed by atoms with van der Waals surface area (Å²) in [7, 11) is 1.82. The summed E-state index contributed by atoms with van der Waals surface area (Å²) in [6, 6.07) is 4.09. The molecule has 8 nitrogen and oxygen atoms in total. The van der Waals surface area contributed by atoms with E-state index in [2.05, 4.69) is 35.8 Å². The number of hydrogen-bond acceptors (Lipinski definition) is 6. The number of imidazole rings is 2. The third-order valence-electron chi connectivity index (χ3n) is 4.34. The van der Waals surface area contributed by atoms with Crippen LogP contribution >= 0.6 is 11.6 Å². The van der Waals surface area contributed by atoms with Gasteiger partial charge in [-0.2, -0.15) is 10.2 Å². The Morgan fingerprint density at radius 2 is 1.96 bits per heavy atom. The van der Waals surface area contributed by atoms with E-state index in [0.717, 1.165) is 49.0 Å².